The van der Waals surface area contributed by atoms with Crippen molar-refractivity contribution in [2.24, 2.45) is 5.41 Å². The molecule has 0 radical (unpaired) electrons. The Morgan fingerprint density at radius 1 is 1.00 bits per heavy atom. The minimum atomic E-state index is -0.379. The van der Waals surface area contributed by atoms with Crippen molar-refractivity contribution in [2.75, 3.05) is 26.2 Å². The molecule has 0 bridgehead atoms. The van der Waals surface area contributed by atoms with Crippen molar-refractivity contribution in [3.63, 3.8) is 0 Å². The van der Waals surface area contributed by atoms with Crippen LogP contribution in [-0.4, -0.2) is 52.8 Å². The molecule has 1 aromatic carbocycles. The van der Waals surface area contributed by atoms with E-state index in [2.05, 4.69) is 11.1 Å². The van der Waals surface area contributed by atoms with Gasteiger partial charge in [-0.15, -0.1) is 11.8 Å². The average Bonchev–Trinajstić information content (AvgIpc) is 2.72. The number of hydrogen-bond donors (Lipinski definition) is 0. The van der Waals surface area contributed by atoms with E-state index in [0.29, 0.717) is 31.7 Å². The van der Waals surface area contributed by atoms with Crippen LogP contribution in [0.1, 0.15) is 36.7 Å². The van der Waals surface area contributed by atoms with Crippen molar-refractivity contribution in [2.45, 2.75) is 31.4 Å². The number of carbonyl (C=O) groups excluding carboxylic acids is 2. The highest BCUT2D eigenvalue weighted by atomic mass is 32.2. The summed E-state index contributed by atoms with van der Waals surface area (Å²) in [6, 6.07) is 11.8. The lowest BCUT2D eigenvalue weighted by molar-refractivity contribution is -0.140. The van der Waals surface area contributed by atoms with E-state index in [0.717, 1.165) is 10.6 Å². The fourth-order valence-electron chi connectivity index (χ4n) is 3.11. The first-order valence-corrected chi connectivity index (χ1v) is 10.5. The van der Waals surface area contributed by atoms with Crippen molar-refractivity contribution in [1.29, 1.82) is 0 Å². The van der Waals surface area contributed by atoms with Gasteiger partial charge in [-0.25, -0.2) is 0 Å². The smallest absolute Gasteiger partial charge is 0.253 e. The third kappa shape index (κ3) is 5.13. The number of hydrogen-bond acceptors (Lipinski definition) is 4. The zero-order valence-electron chi connectivity index (χ0n) is 16.7. The minimum Gasteiger partial charge on any atom is -0.339 e. The number of pyridine rings is 1. The molecule has 2 heterocycles. The normalized spacial score (nSPS) is 14.8. The Kier molecular flexibility index (Phi) is 6.39. The topological polar surface area (TPSA) is 53.5 Å². The first-order valence-electron chi connectivity index (χ1n) is 9.55. The van der Waals surface area contributed by atoms with E-state index in [-0.39, 0.29) is 17.2 Å². The van der Waals surface area contributed by atoms with Gasteiger partial charge in [0.15, 0.2) is 0 Å². The van der Waals surface area contributed by atoms with Crippen LogP contribution in [0.3, 0.4) is 0 Å². The predicted octanol–water partition coefficient (Wildman–Crippen LogP) is 3.70. The molecule has 1 aliphatic heterocycles. The zero-order valence-corrected chi connectivity index (χ0v) is 17.5. The molecule has 28 heavy (non-hydrogen) atoms. The summed E-state index contributed by atoms with van der Waals surface area (Å²) in [5, 5.41) is 0. The maximum absolute atomic E-state index is 12.8. The van der Waals surface area contributed by atoms with Gasteiger partial charge in [-0.05, 0) is 35.9 Å². The van der Waals surface area contributed by atoms with Crippen molar-refractivity contribution in [1.82, 2.24) is 14.8 Å². The van der Waals surface area contributed by atoms with Gasteiger partial charge in [0.2, 0.25) is 5.91 Å². The zero-order chi connectivity index (χ0) is 20.1. The third-order valence-electron chi connectivity index (χ3n) is 4.73. The molecule has 0 unspecified atom stereocenters. The standard InChI is InChI=1S/C22H27N3O2S/c1-22(2,3)21(27)25-13-11-24(12-14-25)20(26)18-6-8-19(9-7-18)28-16-17-5-4-10-23-15-17/h4-10,15H,11-14,16H2,1-3H3. The monoisotopic (exact) mass is 397 g/mol. The molecule has 2 aromatic rings. The summed E-state index contributed by atoms with van der Waals surface area (Å²) in [6.07, 6.45) is 3.64. The Morgan fingerprint density at radius 3 is 2.21 bits per heavy atom. The Hall–Kier alpha value is -2.34. The molecule has 0 saturated carbocycles. The molecule has 0 N–H and O–H groups in total. The Morgan fingerprint density at radius 2 is 1.64 bits per heavy atom. The minimum absolute atomic E-state index is 0.0340. The van der Waals surface area contributed by atoms with Crippen LogP contribution in [0.4, 0.5) is 0 Å². The Balaban J connectivity index is 1.53. The summed E-state index contributed by atoms with van der Waals surface area (Å²) in [5.74, 6) is 1.03. The van der Waals surface area contributed by atoms with E-state index in [4.69, 9.17) is 0 Å². The van der Waals surface area contributed by atoms with Crippen LogP contribution >= 0.6 is 11.8 Å². The molecular formula is C22H27N3O2S. The summed E-state index contributed by atoms with van der Waals surface area (Å²) in [5.41, 5.74) is 1.49. The largest absolute Gasteiger partial charge is 0.339 e. The van der Waals surface area contributed by atoms with Gasteiger partial charge in [0, 0.05) is 60.2 Å². The summed E-state index contributed by atoms with van der Waals surface area (Å²) in [7, 11) is 0. The third-order valence-corrected chi connectivity index (χ3v) is 5.81. The predicted molar refractivity (Wildman–Crippen MR) is 112 cm³/mol. The molecule has 0 spiro atoms. The molecule has 0 atom stereocenters. The molecule has 6 heteroatoms. The summed E-state index contributed by atoms with van der Waals surface area (Å²) in [6.45, 7) is 8.15. The number of thioether (sulfide) groups is 1. The average molecular weight is 398 g/mol. The van der Waals surface area contributed by atoms with Crippen LogP contribution in [-0.2, 0) is 10.5 Å². The van der Waals surface area contributed by atoms with Crippen molar-refractivity contribution < 1.29 is 9.59 Å². The molecule has 1 saturated heterocycles. The summed E-state index contributed by atoms with van der Waals surface area (Å²) in [4.78, 5) is 34.1. The van der Waals surface area contributed by atoms with Crippen molar-refractivity contribution in [3.8, 4) is 0 Å². The molecule has 5 nitrogen and oxygen atoms in total. The lowest BCUT2D eigenvalue weighted by Gasteiger charge is -2.37. The van der Waals surface area contributed by atoms with Gasteiger partial charge < -0.3 is 9.80 Å². The summed E-state index contributed by atoms with van der Waals surface area (Å²) >= 11 is 1.73. The quantitative estimate of drug-likeness (QED) is 0.738. The number of benzene rings is 1. The highest BCUT2D eigenvalue weighted by molar-refractivity contribution is 7.98. The van der Waals surface area contributed by atoms with Crippen molar-refractivity contribution in [3.05, 3.63) is 59.9 Å². The van der Waals surface area contributed by atoms with Crippen LogP contribution in [0, 0.1) is 5.41 Å². The highest BCUT2D eigenvalue weighted by Crippen LogP contribution is 2.23. The Labute approximate surface area is 171 Å². The molecule has 2 amide bonds. The van der Waals surface area contributed by atoms with Gasteiger partial charge >= 0.3 is 0 Å². The molecule has 0 aliphatic carbocycles. The highest BCUT2D eigenvalue weighted by Gasteiger charge is 2.31. The number of amides is 2. The van der Waals surface area contributed by atoms with Crippen molar-refractivity contribution >= 4 is 23.6 Å². The van der Waals surface area contributed by atoms with Crippen LogP contribution < -0.4 is 0 Å². The molecule has 1 aromatic heterocycles. The van der Waals surface area contributed by atoms with E-state index in [1.807, 2.05) is 67.1 Å². The molecule has 1 aliphatic rings. The second-order valence-electron chi connectivity index (χ2n) is 8.01. The van der Waals surface area contributed by atoms with E-state index < -0.39 is 0 Å². The van der Waals surface area contributed by atoms with Gasteiger partial charge in [-0.3, -0.25) is 14.6 Å². The Bertz CT molecular complexity index is 808. The fraction of sp³-hybridized carbons (Fsp3) is 0.409. The molecule has 3 rings (SSSR count). The summed E-state index contributed by atoms with van der Waals surface area (Å²) < 4.78 is 0. The first-order chi connectivity index (χ1) is 13.3. The molecule has 148 valence electrons. The number of piperazine rings is 1. The fourth-order valence-corrected chi connectivity index (χ4v) is 3.95. The SMILES string of the molecule is CC(C)(C)C(=O)N1CCN(C(=O)c2ccc(SCc3cccnc3)cc2)CC1. The van der Waals surface area contributed by atoms with E-state index in [1.165, 1.54) is 5.56 Å². The van der Waals surface area contributed by atoms with Crippen LogP contribution in [0.5, 0.6) is 0 Å². The van der Waals surface area contributed by atoms with E-state index in [1.54, 1.807) is 18.0 Å². The first kappa shape index (κ1) is 20.4. The molecular weight excluding hydrogens is 370 g/mol. The lowest BCUT2D eigenvalue weighted by Crippen LogP contribution is -2.53. The van der Waals surface area contributed by atoms with E-state index >= 15 is 0 Å². The maximum atomic E-state index is 12.8. The second kappa shape index (κ2) is 8.78. The second-order valence-corrected chi connectivity index (χ2v) is 9.06. The van der Waals surface area contributed by atoms with Gasteiger partial charge in [0.1, 0.15) is 0 Å². The molecule has 1 fully saturated rings. The maximum Gasteiger partial charge on any atom is 0.253 e. The van der Waals surface area contributed by atoms with Crippen LogP contribution in [0.25, 0.3) is 0 Å². The van der Waals surface area contributed by atoms with Gasteiger partial charge in [0.25, 0.3) is 5.91 Å². The van der Waals surface area contributed by atoms with Crippen LogP contribution in [0.15, 0.2) is 53.7 Å². The lowest BCUT2D eigenvalue weighted by atomic mass is 9.94. The number of aromatic nitrogens is 1. The van der Waals surface area contributed by atoms with Crippen LogP contribution in [0.2, 0.25) is 0 Å². The van der Waals surface area contributed by atoms with E-state index in [9.17, 15) is 9.59 Å². The van der Waals surface area contributed by atoms with Gasteiger partial charge in [0.05, 0.1) is 0 Å². The number of rotatable bonds is 4. The number of carbonyl (C=O) groups is 2. The van der Waals surface area contributed by atoms with Gasteiger partial charge in [-0.1, -0.05) is 26.8 Å². The van der Waals surface area contributed by atoms with Gasteiger partial charge in [-0.2, -0.15) is 0 Å². The number of nitrogens with zero attached hydrogens (tertiary/aromatic N) is 3.